The molecule has 0 atom stereocenters. The highest BCUT2D eigenvalue weighted by Gasteiger charge is 2.26. The maximum atomic E-state index is 2.38. The van der Waals surface area contributed by atoms with Crippen molar-refractivity contribution < 1.29 is 0 Å². The van der Waals surface area contributed by atoms with Crippen LogP contribution in [0.4, 0.5) is 34.1 Å². The summed E-state index contributed by atoms with van der Waals surface area (Å²) in [7, 11) is 0. The summed E-state index contributed by atoms with van der Waals surface area (Å²) >= 11 is 3.83. The summed E-state index contributed by atoms with van der Waals surface area (Å²) in [5, 5.41) is 5.21. The zero-order valence-electron chi connectivity index (χ0n) is 27.0. The van der Waals surface area contributed by atoms with Crippen LogP contribution in [0, 0.1) is 0 Å². The minimum Gasteiger partial charge on any atom is -0.310 e. The van der Waals surface area contributed by atoms with Gasteiger partial charge in [0.15, 0.2) is 0 Å². The number of thiophene rings is 1. The van der Waals surface area contributed by atoms with E-state index in [0.29, 0.717) is 0 Å². The second-order valence-corrected chi connectivity index (χ2v) is 14.6. The van der Waals surface area contributed by atoms with Crippen LogP contribution in [0.25, 0.3) is 42.1 Å². The van der Waals surface area contributed by atoms with Gasteiger partial charge in [0.2, 0.25) is 0 Å². The fraction of sp³-hybridized carbons (Fsp3) is 0. The third-order valence-corrected chi connectivity index (χ3v) is 12.1. The summed E-state index contributed by atoms with van der Waals surface area (Å²) in [6, 6.07) is 65.7. The summed E-state index contributed by atoms with van der Waals surface area (Å²) in [6.45, 7) is 0. The van der Waals surface area contributed by atoms with Gasteiger partial charge in [0.25, 0.3) is 0 Å². The van der Waals surface area contributed by atoms with Gasteiger partial charge in [0.1, 0.15) is 0 Å². The largest absolute Gasteiger partial charge is 0.310 e. The fourth-order valence-electron chi connectivity index (χ4n) is 7.41. The van der Waals surface area contributed by atoms with E-state index in [0.717, 1.165) is 28.4 Å². The van der Waals surface area contributed by atoms with Crippen molar-refractivity contribution in [2.24, 2.45) is 0 Å². The highest BCUT2D eigenvalue weighted by Crippen LogP contribution is 2.55. The molecule has 0 radical (unpaired) electrons. The van der Waals surface area contributed by atoms with E-state index in [-0.39, 0.29) is 0 Å². The van der Waals surface area contributed by atoms with Crippen LogP contribution >= 0.6 is 23.1 Å². The molecule has 0 fully saturated rings. The first-order valence-electron chi connectivity index (χ1n) is 16.9. The van der Waals surface area contributed by atoms with Crippen LogP contribution in [0.2, 0.25) is 0 Å². The van der Waals surface area contributed by atoms with Crippen molar-refractivity contribution >= 4 is 88.2 Å². The molecule has 4 heteroatoms. The SMILES string of the molecule is c1ccc(N(c2ccccc2)c2ccc3c(c2)sc2c4c(ccc23)-c2ccc(N(c3ccccc3)c3ccccc3)c3cccc(c23)S4)cc1. The Morgan fingerprint density at radius 3 is 1.56 bits per heavy atom. The summed E-state index contributed by atoms with van der Waals surface area (Å²) in [6.07, 6.45) is 0. The second-order valence-electron chi connectivity index (χ2n) is 12.5. The molecular weight excluding hydrogens is 645 g/mol. The Labute approximate surface area is 299 Å². The predicted molar refractivity (Wildman–Crippen MR) is 216 cm³/mol. The number of para-hydroxylation sites is 4. The van der Waals surface area contributed by atoms with Gasteiger partial charge in [-0.15, -0.1) is 11.3 Å². The lowest BCUT2D eigenvalue weighted by atomic mass is 9.95. The van der Waals surface area contributed by atoms with Crippen LogP contribution in [0.15, 0.2) is 192 Å². The molecule has 2 nitrogen and oxygen atoms in total. The molecule has 236 valence electrons. The molecule has 0 unspecified atom stereocenters. The first-order valence-corrected chi connectivity index (χ1v) is 18.5. The fourth-order valence-corrected chi connectivity index (χ4v) is 10.0. The van der Waals surface area contributed by atoms with E-state index in [4.69, 9.17) is 0 Å². The quantitative estimate of drug-likeness (QED) is 0.173. The van der Waals surface area contributed by atoms with Crippen LogP contribution in [-0.2, 0) is 0 Å². The predicted octanol–water partition coefficient (Wildman–Crippen LogP) is 14.3. The third kappa shape index (κ3) is 4.72. The van der Waals surface area contributed by atoms with Crippen molar-refractivity contribution in [2.45, 2.75) is 9.79 Å². The van der Waals surface area contributed by atoms with Crippen molar-refractivity contribution in [2.75, 3.05) is 9.80 Å². The summed E-state index contributed by atoms with van der Waals surface area (Å²) in [4.78, 5) is 7.38. The molecule has 0 aliphatic carbocycles. The van der Waals surface area contributed by atoms with E-state index in [2.05, 4.69) is 192 Å². The number of nitrogens with zero attached hydrogens (tertiary/aromatic N) is 2. The van der Waals surface area contributed by atoms with E-state index in [1.807, 2.05) is 23.1 Å². The van der Waals surface area contributed by atoms with Crippen molar-refractivity contribution in [1.29, 1.82) is 0 Å². The van der Waals surface area contributed by atoms with Gasteiger partial charge in [-0.05, 0) is 83.9 Å². The number of benzene rings is 8. The van der Waals surface area contributed by atoms with E-state index in [1.165, 1.54) is 57.5 Å². The van der Waals surface area contributed by atoms with Crippen LogP contribution < -0.4 is 9.80 Å². The van der Waals surface area contributed by atoms with Crippen LogP contribution in [-0.4, -0.2) is 0 Å². The van der Waals surface area contributed by atoms with Crippen molar-refractivity contribution in [3.63, 3.8) is 0 Å². The lowest BCUT2D eigenvalue weighted by molar-refractivity contribution is 1.29. The molecule has 0 amide bonds. The molecule has 1 aliphatic rings. The van der Waals surface area contributed by atoms with Crippen LogP contribution in [0.5, 0.6) is 0 Å². The Hall–Kier alpha value is -5.81. The number of rotatable bonds is 6. The summed E-state index contributed by atoms with van der Waals surface area (Å²) < 4.78 is 2.65. The average molecular weight is 675 g/mol. The molecule has 8 aromatic carbocycles. The topological polar surface area (TPSA) is 6.48 Å². The van der Waals surface area contributed by atoms with E-state index in [9.17, 15) is 0 Å². The minimum absolute atomic E-state index is 1.15. The zero-order valence-corrected chi connectivity index (χ0v) is 28.7. The van der Waals surface area contributed by atoms with Gasteiger partial charge in [-0.3, -0.25) is 0 Å². The average Bonchev–Trinajstić information content (AvgIpc) is 3.56. The lowest BCUT2D eigenvalue weighted by Crippen LogP contribution is -2.10. The van der Waals surface area contributed by atoms with Gasteiger partial charge in [-0.1, -0.05) is 121 Å². The Kier molecular flexibility index (Phi) is 6.97. The summed E-state index contributed by atoms with van der Waals surface area (Å²) in [5.41, 5.74) is 9.54. The highest BCUT2D eigenvalue weighted by atomic mass is 32.2. The Morgan fingerprint density at radius 2 is 0.940 bits per heavy atom. The van der Waals surface area contributed by atoms with E-state index < -0.39 is 0 Å². The molecule has 9 aromatic rings. The van der Waals surface area contributed by atoms with Gasteiger partial charge in [0, 0.05) is 64.5 Å². The van der Waals surface area contributed by atoms with Crippen molar-refractivity contribution in [3.05, 3.63) is 182 Å². The molecule has 0 saturated carbocycles. The third-order valence-electron chi connectivity index (χ3n) is 9.62. The Bertz CT molecular complexity index is 2590. The number of fused-ring (bicyclic) bond motifs is 6. The number of hydrogen-bond acceptors (Lipinski definition) is 4. The monoisotopic (exact) mass is 674 g/mol. The highest BCUT2D eigenvalue weighted by molar-refractivity contribution is 8.00. The standard InChI is InChI=1S/C46H30N2S2/c1-5-14-31(15-6-1)47(32-16-7-2-8-17-32)35-24-25-36-38-26-27-39-37-28-29-41(48(33-18-9-3-10-19-33)34-20-11-4-12-21-34)40-22-13-23-42(44(37)40)49-46(39)45(38)50-43(36)30-35/h1-30H. The van der Waals surface area contributed by atoms with Gasteiger partial charge in [-0.2, -0.15) is 0 Å². The van der Waals surface area contributed by atoms with Crippen LogP contribution in [0.3, 0.4) is 0 Å². The van der Waals surface area contributed by atoms with Gasteiger partial charge >= 0.3 is 0 Å². The molecule has 1 aromatic heterocycles. The van der Waals surface area contributed by atoms with Gasteiger partial charge in [0.05, 0.1) is 10.4 Å². The Balaban J connectivity index is 1.13. The van der Waals surface area contributed by atoms with Crippen molar-refractivity contribution in [3.8, 4) is 11.1 Å². The zero-order chi connectivity index (χ0) is 33.0. The second kappa shape index (κ2) is 12.0. The maximum Gasteiger partial charge on any atom is 0.0540 e. The molecule has 0 saturated heterocycles. The molecule has 0 N–H and O–H groups in total. The number of hydrogen-bond donors (Lipinski definition) is 0. The molecule has 0 bridgehead atoms. The van der Waals surface area contributed by atoms with E-state index in [1.54, 1.807) is 0 Å². The van der Waals surface area contributed by atoms with E-state index >= 15 is 0 Å². The van der Waals surface area contributed by atoms with Crippen molar-refractivity contribution in [1.82, 2.24) is 0 Å². The molecular formula is C46H30N2S2. The molecule has 2 heterocycles. The summed E-state index contributed by atoms with van der Waals surface area (Å²) in [5.74, 6) is 0. The molecule has 1 aliphatic heterocycles. The van der Waals surface area contributed by atoms with Crippen LogP contribution in [0.1, 0.15) is 0 Å². The normalized spacial score (nSPS) is 11.9. The molecule has 50 heavy (non-hydrogen) atoms. The first-order chi connectivity index (χ1) is 24.8. The smallest absolute Gasteiger partial charge is 0.0540 e. The number of anilines is 6. The molecule has 10 rings (SSSR count). The van der Waals surface area contributed by atoms with Gasteiger partial charge < -0.3 is 9.80 Å². The lowest BCUT2D eigenvalue weighted by Gasteiger charge is -2.29. The first kappa shape index (κ1) is 29.1. The molecule has 0 spiro atoms. The minimum atomic E-state index is 1.15. The Morgan fingerprint density at radius 1 is 0.380 bits per heavy atom. The maximum absolute atomic E-state index is 2.38. The van der Waals surface area contributed by atoms with Gasteiger partial charge in [-0.25, -0.2) is 0 Å².